The van der Waals surface area contributed by atoms with E-state index in [1.807, 2.05) is 12.1 Å². The lowest BCUT2D eigenvalue weighted by molar-refractivity contribution is 0.0482. The predicted molar refractivity (Wildman–Crippen MR) is 75.4 cm³/mol. The number of hydrogen-bond donors (Lipinski definition) is 1. The van der Waals surface area contributed by atoms with E-state index < -0.39 is 0 Å². The first kappa shape index (κ1) is 12.9. The molecule has 3 heterocycles. The Balaban J connectivity index is 1.55. The molecule has 1 aromatic heterocycles. The van der Waals surface area contributed by atoms with Crippen LogP contribution in [0, 0.1) is 0 Å². The number of furan rings is 1. The van der Waals surface area contributed by atoms with Gasteiger partial charge in [-0.25, -0.2) is 0 Å². The normalized spacial score (nSPS) is 24.7. The summed E-state index contributed by atoms with van der Waals surface area (Å²) in [5, 5.41) is 4.05. The van der Waals surface area contributed by atoms with Gasteiger partial charge < -0.3 is 19.4 Å². The molecule has 6 heteroatoms. The fraction of sp³-hybridized carbons (Fsp3) is 0.615. The van der Waals surface area contributed by atoms with Crippen molar-refractivity contribution in [3.05, 3.63) is 24.2 Å². The van der Waals surface area contributed by atoms with Crippen LogP contribution in [0.25, 0.3) is 0 Å². The molecule has 0 spiro atoms. The van der Waals surface area contributed by atoms with Gasteiger partial charge in [-0.05, 0) is 37.2 Å². The quantitative estimate of drug-likeness (QED) is 0.841. The zero-order valence-corrected chi connectivity index (χ0v) is 11.7. The third-order valence-corrected chi connectivity index (χ3v) is 3.93. The lowest BCUT2D eigenvalue weighted by Gasteiger charge is -2.38. The summed E-state index contributed by atoms with van der Waals surface area (Å²) in [7, 11) is 0. The molecular weight excluding hydrogens is 262 g/mol. The fourth-order valence-electron chi connectivity index (χ4n) is 2.56. The summed E-state index contributed by atoms with van der Waals surface area (Å²) in [5.74, 6) is 0.933. The van der Waals surface area contributed by atoms with Crippen molar-refractivity contribution in [3.8, 4) is 0 Å². The number of ether oxygens (including phenoxy) is 1. The maximum atomic E-state index is 5.68. The molecule has 2 saturated heterocycles. The Labute approximate surface area is 118 Å². The minimum atomic E-state index is 0.374. The Bertz CT molecular complexity index is 418. The minimum absolute atomic E-state index is 0.374. The zero-order chi connectivity index (χ0) is 13.1. The molecule has 0 radical (unpaired) electrons. The number of thiocarbonyl (C=S) groups is 1. The lowest BCUT2D eigenvalue weighted by atomic mass is 10.2. The summed E-state index contributed by atoms with van der Waals surface area (Å²) in [6, 6.07) is 3.88. The van der Waals surface area contributed by atoms with E-state index in [0.717, 1.165) is 37.4 Å². The van der Waals surface area contributed by atoms with Crippen LogP contribution in [-0.4, -0.2) is 47.5 Å². The molecule has 2 fully saturated rings. The topological polar surface area (TPSA) is 40.9 Å². The van der Waals surface area contributed by atoms with Crippen LogP contribution in [-0.2, 0) is 11.3 Å². The number of nitrogens with zero attached hydrogens (tertiary/aromatic N) is 2. The van der Waals surface area contributed by atoms with Crippen molar-refractivity contribution in [2.24, 2.45) is 0 Å². The van der Waals surface area contributed by atoms with Crippen molar-refractivity contribution in [2.45, 2.75) is 25.5 Å². The highest BCUT2D eigenvalue weighted by Crippen LogP contribution is 2.15. The van der Waals surface area contributed by atoms with Gasteiger partial charge >= 0.3 is 0 Å². The third-order valence-electron chi connectivity index (χ3n) is 3.52. The van der Waals surface area contributed by atoms with E-state index in [-0.39, 0.29) is 0 Å². The molecule has 2 aliphatic heterocycles. The summed E-state index contributed by atoms with van der Waals surface area (Å²) in [6.07, 6.45) is 4.42. The highest BCUT2D eigenvalue weighted by Gasteiger charge is 2.25. The van der Waals surface area contributed by atoms with Gasteiger partial charge in [-0.15, -0.1) is 0 Å². The number of nitrogens with one attached hydrogen (secondary N) is 1. The molecule has 0 aromatic carbocycles. The first-order valence-corrected chi connectivity index (χ1v) is 7.11. The van der Waals surface area contributed by atoms with Gasteiger partial charge in [0, 0.05) is 13.2 Å². The van der Waals surface area contributed by atoms with Crippen LogP contribution < -0.4 is 5.32 Å². The first-order valence-electron chi connectivity index (χ1n) is 6.70. The molecule has 0 aliphatic carbocycles. The Hall–Kier alpha value is -1.11. The van der Waals surface area contributed by atoms with E-state index in [0.29, 0.717) is 12.6 Å². The second-order valence-corrected chi connectivity index (χ2v) is 5.43. The molecule has 19 heavy (non-hydrogen) atoms. The third kappa shape index (κ3) is 3.26. The van der Waals surface area contributed by atoms with Crippen molar-refractivity contribution in [2.75, 3.05) is 26.5 Å². The monoisotopic (exact) mass is 281 g/mol. The fourth-order valence-corrected chi connectivity index (χ4v) is 2.74. The smallest absolute Gasteiger partial charge is 0.171 e. The molecule has 2 aliphatic rings. The standard InChI is InChI=1S/C13H19N3O2S/c19-13-14-9-15(7-11-3-1-5-17-11)10-16(13)8-12-4-2-6-18-12/h2,4,6,11H,1,3,5,7-10H2,(H,14,19). The Kier molecular flexibility index (Phi) is 4.00. The predicted octanol–water partition coefficient (Wildman–Crippen LogP) is 1.37. The molecule has 3 rings (SSSR count). The highest BCUT2D eigenvalue weighted by atomic mass is 32.1. The molecule has 1 atom stereocenters. The van der Waals surface area contributed by atoms with Crippen molar-refractivity contribution in [1.82, 2.24) is 15.1 Å². The average Bonchev–Trinajstić information content (AvgIpc) is 3.07. The van der Waals surface area contributed by atoms with Crippen molar-refractivity contribution < 1.29 is 9.15 Å². The molecular formula is C13H19N3O2S. The Morgan fingerprint density at radius 1 is 1.47 bits per heavy atom. The molecule has 104 valence electrons. The Morgan fingerprint density at radius 2 is 2.42 bits per heavy atom. The van der Waals surface area contributed by atoms with Gasteiger partial charge in [0.05, 0.1) is 32.2 Å². The zero-order valence-electron chi connectivity index (χ0n) is 10.9. The lowest BCUT2D eigenvalue weighted by Crippen LogP contribution is -2.56. The van der Waals surface area contributed by atoms with Crippen LogP contribution in [0.4, 0.5) is 0 Å². The van der Waals surface area contributed by atoms with Crippen LogP contribution in [0.15, 0.2) is 22.8 Å². The minimum Gasteiger partial charge on any atom is -0.467 e. The van der Waals surface area contributed by atoms with Gasteiger partial charge in [-0.3, -0.25) is 4.90 Å². The van der Waals surface area contributed by atoms with Crippen LogP contribution >= 0.6 is 12.2 Å². The second kappa shape index (κ2) is 5.90. The number of rotatable bonds is 4. The van der Waals surface area contributed by atoms with Crippen molar-refractivity contribution >= 4 is 17.3 Å². The molecule has 0 bridgehead atoms. The maximum absolute atomic E-state index is 5.68. The Morgan fingerprint density at radius 3 is 3.16 bits per heavy atom. The van der Waals surface area contributed by atoms with Crippen molar-refractivity contribution in [3.63, 3.8) is 0 Å². The average molecular weight is 281 g/mol. The molecule has 0 saturated carbocycles. The van der Waals surface area contributed by atoms with Crippen LogP contribution in [0.5, 0.6) is 0 Å². The molecule has 0 amide bonds. The van der Waals surface area contributed by atoms with Gasteiger partial charge in [0.2, 0.25) is 0 Å². The van der Waals surface area contributed by atoms with E-state index in [1.165, 1.54) is 12.8 Å². The van der Waals surface area contributed by atoms with Crippen LogP contribution in [0.3, 0.4) is 0 Å². The molecule has 1 aromatic rings. The summed E-state index contributed by atoms with van der Waals surface area (Å²) >= 11 is 5.35. The van der Waals surface area contributed by atoms with Gasteiger partial charge in [0.1, 0.15) is 5.76 Å². The highest BCUT2D eigenvalue weighted by molar-refractivity contribution is 7.80. The molecule has 1 unspecified atom stereocenters. The molecule has 5 nitrogen and oxygen atoms in total. The SMILES string of the molecule is S=C1NCN(CC2CCCO2)CN1Cc1ccco1. The largest absolute Gasteiger partial charge is 0.467 e. The van der Waals surface area contributed by atoms with E-state index in [9.17, 15) is 0 Å². The number of hydrogen-bond acceptors (Lipinski definition) is 4. The van der Waals surface area contributed by atoms with Gasteiger partial charge in [0.25, 0.3) is 0 Å². The van der Waals surface area contributed by atoms with E-state index >= 15 is 0 Å². The summed E-state index contributed by atoms with van der Waals surface area (Å²) < 4.78 is 11.1. The second-order valence-electron chi connectivity index (χ2n) is 5.05. The first-order chi connectivity index (χ1) is 9.31. The van der Waals surface area contributed by atoms with Gasteiger partial charge in [-0.1, -0.05) is 0 Å². The van der Waals surface area contributed by atoms with Crippen LogP contribution in [0.2, 0.25) is 0 Å². The summed E-state index contributed by atoms with van der Waals surface area (Å²) in [5.41, 5.74) is 0. The summed E-state index contributed by atoms with van der Waals surface area (Å²) in [4.78, 5) is 4.45. The van der Waals surface area contributed by atoms with Gasteiger partial charge in [0.15, 0.2) is 5.11 Å². The van der Waals surface area contributed by atoms with Gasteiger partial charge in [-0.2, -0.15) is 0 Å². The summed E-state index contributed by atoms with van der Waals surface area (Å²) in [6.45, 7) is 4.20. The van der Waals surface area contributed by atoms with E-state index in [4.69, 9.17) is 21.4 Å². The molecule has 1 N–H and O–H groups in total. The maximum Gasteiger partial charge on any atom is 0.171 e. The van der Waals surface area contributed by atoms with Crippen LogP contribution in [0.1, 0.15) is 18.6 Å². The van der Waals surface area contributed by atoms with E-state index in [1.54, 1.807) is 6.26 Å². The van der Waals surface area contributed by atoms with E-state index in [2.05, 4.69) is 15.1 Å². The van der Waals surface area contributed by atoms with Crippen molar-refractivity contribution in [1.29, 1.82) is 0 Å².